The van der Waals surface area contributed by atoms with Crippen molar-refractivity contribution in [1.82, 2.24) is 20.0 Å². The van der Waals surface area contributed by atoms with E-state index in [9.17, 15) is 0 Å². The van der Waals surface area contributed by atoms with Crippen LogP contribution in [0.15, 0.2) is 41.5 Å². The van der Waals surface area contributed by atoms with Gasteiger partial charge in [0.2, 0.25) is 0 Å². The molecule has 0 fully saturated rings. The predicted octanol–water partition coefficient (Wildman–Crippen LogP) is 4.03. The molecule has 0 amide bonds. The maximum atomic E-state index is 5.93. The highest BCUT2D eigenvalue weighted by Gasteiger charge is 2.15. The number of ether oxygens (including phenoxy) is 1. The number of nitrogens with zero attached hydrogens (tertiary/aromatic N) is 4. The van der Waals surface area contributed by atoms with Crippen LogP contribution in [-0.2, 0) is 13.6 Å². The molecule has 7 heteroatoms. The number of para-hydroxylation sites is 1. The maximum Gasteiger partial charge on any atom is 0.194 e. The fourth-order valence-electron chi connectivity index (χ4n) is 2.95. The van der Waals surface area contributed by atoms with Gasteiger partial charge in [-0.25, -0.2) is 4.99 Å². The summed E-state index contributed by atoms with van der Waals surface area (Å²) >= 11 is 0. The second-order valence-electron chi connectivity index (χ2n) is 7.16. The summed E-state index contributed by atoms with van der Waals surface area (Å²) in [6.07, 6.45) is 2.09. The number of hydrogen-bond acceptors (Lipinski definition) is 3. The van der Waals surface area contributed by atoms with Crippen molar-refractivity contribution in [2.75, 3.05) is 20.1 Å². The van der Waals surface area contributed by atoms with Gasteiger partial charge in [0, 0.05) is 38.9 Å². The Kier molecular flexibility index (Phi) is 10.3. The van der Waals surface area contributed by atoms with E-state index in [0.29, 0.717) is 12.5 Å². The highest BCUT2D eigenvalue weighted by Crippen LogP contribution is 2.18. The third-order valence-corrected chi connectivity index (χ3v) is 4.17. The molecule has 0 spiro atoms. The zero-order valence-corrected chi connectivity index (χ0v) is 20.2. The van der Waals surface area contributed by atoms with Crippen LogP contribution in [0.5, 0.6) is 5.75 Å². The molecule has 1 aromatic carbocycles. The lowest BCUT2D eigenvalue weighted by molar-refractivity contribution is 0.229. The Balaban J connectivity index is 0.00000392. The van der Waals surface area contributed by atoms with Gasteiger partial charge in [-0.15, -0.1) is 24.0 Å². The largest absolute Gasteiger partial charge is 0.489 e. The van der Waals surface area contributed by atoms with Gasteiger partial charge in [-0.2, -0.15) is 5.10 Å². The molecular formula is C21H34IN5O. The van der Waals surface area contributed by atoms with E-state index in [2.05, 4.69) is 49.3 Å². The standard InChI is InChI=1S/C21H33N5O.HI/c1-7-22-21(23-13-17(4)27-19-11-9-8-10-12-19)25(5)14-18-15-26(6)24-20(18)16(2)3;/h8-12,15-17H,7,13-14H2,1-6H3,(H,22,23);1H. The molecule has 0 bridgehead atoms. The Labute approximate surface area is 186 Å². The van der Waals surface area contributed by atoms with E-state index in [1.54, 1.807) is 0 Å². The summed E-state index contributed by atoms with van der Waals surface area (Å²) in [5.74, 6) is 2.14. The Hall–Kier alpha value is -1.77. The molecule has 0 aliphatic rings. The molecule has 1 atom stereocenters. The highest BCUT2D eigenvalue weighted by atomic mass is 127. The molecule has 6 nitrogen and oxygen atoms in total. The summed E-state index contributed by atoms with van der Waals surface area (Å²) in [7, 11) is 4.03. The van der Waals surface area contributed by atoms with Crippen molar-refractivity contribution in [3.05, 3.63) is 47.8 Å². The van der Waals surface area contributed by atoms with Gasteiger partial charge in [0.1, 0.15) is 11.9 Å². The average molecular weight is 499 g/mol. The smallest absolute Gasteiger partial charge is 0.194 e. The monoisotopic (exact) mass is 499 g/mol. The molecule has 1 unspecified atom stereocenters. The van der Waals surface area contributed by atoms with Crippen molar-refractivity contribution in [2.24, 2.45) is 12.0 Å². The van der Waals surface area contributed by atoms with Crippen LogP contribution in [0.4, 0.5) is 0 Å². The van der Waals surface area contributed by atoms with Gasteiger partial charge in [-0.1, -0.05) is 32.0 Å². The zero-order valence-electron chi connectivity index (χ0n) is 17.8. The third-order valence-electron chi connectivity index (χ3n) is 4.17. The minimum absolute atomic E-state index is 0. The first-order valence-corrected chi connectivity index (χ1v) is 9.64. The number of hydrogen-bond donors (Lipinski definition) is 1. The number of aromatic nitrogens is 2. The van der Waals surface area contributed by atoms with Gasteiger partial charge in [-0.05, 0) is 31.9 Å². The highest BCUT2D eigenvalue weighted by molar-refractivity contribution is 14.0. The molecule has 2 rings (SSSR count). The van der Waals surface area contributed by atoms with E-state index >= 15 is 0 Å². The first-order chi connectivity index (χ1) is 12.9. The Morgan fingerprint density at radius 1 is 1.25 bits per heavy atom. The molecule has 0 radical (unpaired) electrons. The fourth-order valence-corrected chi connectivity index (χ4v) is 2.95. The molecule has 1 heterocycles. The average Bonchev–Trinajstić information content (AvgIpc) is 3.00. The van der Waals surface area contributed by atoms with Crippen LogP contribution >= 0.6 is 24.0 Å². The molecule has 2 aromatic rings. The molecule has 156 valence electrons. The van der Waals surface area contributed by atoms with Crippen LogP contribution in [0.3, 0.4) is 0 Å². The molecule has 0 saturated heterocycles. The van der Waals surface area contributed by atoms with Gasteiger partial charge in [-0.3, -0.25) is 4.68 Å². The molecule has 0 aliphatic carbocycles. The number of rotatable bonds is 8. The fraction of sp³-hybridized carbons (Fsp3) is 0.524. The first-order valence-electron chi connectivity index (χ1n) is 9.64. The van der Waals surface area contributed by atoms with E-state index < -0.39 is 0 Å². The Morgan fingerprint density at radius 2 is 1.93 bits per heavy atom. The van der Waals surface area contributed by atoms with E-state index in [1.165, 1.54) is 5.56 Å². The molecule has 1 aromatic heterocycles. The van der Waals surface area contributed by atoms with Crippen LogP contribution in [0.25, 0.3) is 0 Å². The normalized spacial score (nSPS) is 12.5. The summed E-state index contributed by atoms with van der Waals surface area (Å²) in [6, 6.07) is 9.87. The summed E-state index contributed by atoms with van der Waals surface area (Å²) in [4.78, 5) is 6.91. The van der Waals surface area contributed by atoms with Crippen LogP contribution in [0.1, 0.15) is 44.9 Å². The second kappa shape index (κ2) is 11.9. The van der Waals surface area contributed by atoms with Gasteiger partial charge in [0.15, 0.2) is 5.96 Å². The van der Waals surface area contributed by atoms with Crippen LogP contribution in [0, 0.1) is 0 Å². The van der Waals surface area contributed by atoms with Crippen LogP contribution in [-0.4, -0.2) is 46.9 Å². The number of nitrogens with one attached hydrogen (secondary N) is 1. The minimum atomic E-state index is -0.000858. The quantitative estimate of drug-likeness (QED) is 0.339. The van der Waals surface area contributed by atoms with Crippen LogP contribution in [0.2, 0.25) is 0 Å². The number of aryl methyl sites for hydroxylation is 1. The lowest BCUT2D eigenvalue weighted by Gasteiger charge is -2.23. The maximum absolute atomic E-state index is 5.93. The topological polar surface area (TPSA) is 54.7 Å². The van der Waals surface area contributed by atoms with Crippen molar-refractivity contribution in [2.45, 2.75) is 46.3 Å². The molecular weight excluding hydrogens is 465 g/mol. The van der Waals surface area contributed by atoms with Crippen molar-refractivity contribution >= 4 is 29.9 Å². The number of benzene rings is 1. The predicted molar refractivity (Wildman–Crippen MR) is 127 cm³/mol. The molecule has 0 aliphatic heterocycles. The van der Waals surface area contributed by atoms with E-state index in [-0.39, 0.29) is 30.1 Å². The first kappa shape index (κ1) is 24.3. The van der Waals surface area contributed by atoms with E-state index in [1.807, 2.05) is 49.0 Å². The van der Waals surface area contributed by atoms with Gasteiger partial charge in [0.25, 0.3) is 0 Å². The number of aliphatic imine (C=N–C) groups is 1. The van der Waals surface area contributed by atoms with Crippen molar-refractivity contribution < 1.29 is 4.74 Å². The molecule has 28 heavy (non-hydrogen) atoms. The van der Waals surface area contributed by atoms with Gasteiger partial charge >= 0.3 is 0 Å². The summed E-state index contributed by atoms with van der Waals surface area (Å²) < 4.78 is 7.82. The van der Waals surface area contributed by atoms with Gasteiger partial charge < -0.3 is 15.0 Å². The third kappa shape index (κ3) is 7.33. The van der Waals surface area contributed by atoms with E-state index in [4.69, 9.17) is 9.73 Å². The van der Waals surface area contributed by atoms with Crippen molar-refractivity contribution in [3.63, 3.8) is 0 Å². The van der Waals surface area contributed by atoms with Crippen molar-refractivity contribution in [1.29, 1.82) is 0 Å². The van der Waals surface area contributed by atoms with Gasteiger partial charge in [0.05, 0.1) is 12.2 Å². The SMILES string of the molecule is CCNC(=NCC(C)Oc1ccccc1)N(C)Cc1cn(C)nc1C(C)C.I. The van der Waals surface area contributed by atoms with E-state index in [0.717, 1.165) is 30.5 Å². The van der Waals surface area contributed by atoms with Crippen LogP contribution < -0.4 is 10.1 Å². The summed E-state index contributed by atoms with van der Waals surface area (Å²) in [6.45, 7) is 10.6. The lowest BCUT2D eigenvalue weighted by atomic mass is 10.1. The minimum Gasteiger partial charge on any atom is -0.489 e. The zero-order chi connectivity index (χ0) is 19.8. The van der Waals surface area contributed by atoms with Crippen molar-refractivity contribution in [3.8, 4) is 5.75 Å². The Morgan fingerprint density at radius 3 is 2.54 bits per heavy atom. The summed E-state index contributed by atoms with van der Waals surface area (Å²) in [5.41, 5.74) is 2.37. The lowest BCUT2D eigenvalue weighted by Crippen LogP contribution is -2.39. The molecule has 0 saturated carbocycles. The molecule has 1 N–H and O–H groups in total. The summed E-state index contributed by atoms with van der Waals surface area (Å²) in [5, 5.41) is 7.97. The number of guanidine groups is 1. The second-order valence-corrected chi connectivity index (χ2v) is 7.16. The number of halogens is 1. The Bertz CT molecular complexity index is 730.